The van der Waals surface area contributed by atoms with E-state index in [4.69, 9.17) is 11.5 Å². The van der Waals surface area contributed by atoms with Gasteiger partial charge in [-0.05, 0) is 54.1 Å². The first-order chi connectivity index (χ1) is 20.6. The summed E-state index contributed by atoms with van der Waals surface area (Å²) in [6, 6.07) is 23.3. The van der Waals surface area contributed by atoms with E-state index in [1.54, 1.807) is 24.8 Å². The minimum absolute atomic E-state index is 0.207. The number of aliphatic hydroxyl groups is 1. The van der Waals surface area contributed by atoms with Crippen LogP contribution < -0.4 is 11.5 Å². The van der Waals surface area contributed by atoms with Crippen LogP contribution in [0.3, 0.4) is 0 Å². The van der Waals surface area contributed by atoms with E-state index in [9.17, 15) is 5.11 Å². The molecule has 0 aliphatic heterocycles. The maximum Gasteiger partial charge on any atom is 0.106 e. The third-order valence-electron chi connectivity index (χ3n) is 9.83. The largest absolute Gasteiger partial charge is 0.383 e. The number of allylic oxidation sites excluding steroid dienone is 2. The van der Waals surface area contributed by atoms with Crippen molar-refractivity contribution in [3.63, 3.8) is 0 Å². The predicted molar refractivity (Wildman–Crippen MR) is 171 cm³/mol. The number of hydrogen-bond donors (Lipinski definition) is 3. The second-order valence-electron chi connectivity index (χ2n) is 11.9. The van der Waals surface area contributed by atoms with Gasteiger partial charge in [0, 0.05) is 77.7 Å². The molecule has 1 aliphatic rings. The molecule has 4 heterocycles. The number of pyridine rings is 4. The fourth-order valence-electron chi connectivity index (χ4n) is 6.89. The smallest absolute Gasteiger partial charge is 0.106 e. The Hall–Kier alpha value is -4.04. The highest BCUT2D eigenvalue weighted by atomic mass is 16.3. The summed E-state index contributed by atoms with van der Waals surface area (Å²) >= 11 is 0. The zero-order chi connectivity index (χ0) is 30.7. The molecule has 4 aromatic heterocycles. The summed E-state index contributed by atoms with van der Waals surface area (Å²) in [5, 5.41) is 12.9. The Morgan fingerprint density at radius 1 is 0.628 bits per heavy atom. The Kier molecular flexibility index (Phi) is 8.69. The molecule has 5 rings (SSSR count). The molecule has 7 nitrogen and oxygen atoms in total. The highest BCUT2D eigenvalue weighted by Crippen LogP contribution is 2.51. The van der Waals surface area contributed by atoms with Crippen LogP contribution in [0.25, 0.3) is 0 Å². The number of hydrogen-bond acceptors (Lipinski definition) is 7. The Balaban J connectivity index is 1.64. The van der Waals surface area contributed by atoms with Crippen molar-refractivity contribution < 1.29 is 5.11 Å². The second kappa shape index (κ2) is 12.3. The lowest BCUT2D eigenvalue weighted by Crippen LogP contribution is -2.67. The molecule has 1 aliphatic carbocycles. The molecule has 0 saturated heterocycles. The van der Waals surface area contributed by atoms with Crippen molar-refractivity contribution in [1.82, 2.24) is 19.9 Å². The van der Waals surface area contributed by atoms with E-state index in [1.165, 1.54) is 0 Å². The van der Waals surface area contributed by atoms with Gasteiger partial charge >= 0.3 is 0 Å². The molecule has 0 spiro atoms. The SMILES string of the molecule is CC(c1ccccn1)C(N)(C1=CC=CC(O)(C(N)(C(C)c2ccccn2)C(C)c2ccccn2)C1)C(C)c1ccccn1. The van der Waals surface area contributed by atoms with Crippen molar-refractivity contribution in [2.24, 2.45) is 11.5 Å². The van der Waals surface area contributed by atoms with Crippen molar-refractivity contribution in [3.8, 4) is 0 Å². The molecule has 5 unspecified atom stereocenters. The molecule has 4 aromatic rings. The van der Waals surface area contributed by atoms with Gasteiger partial charge in [-0.15, -0.1) is 0 Å². The second-order valence-corrected chi connectivity index (χ2v) is 11.9. The average Bonchev–Trinajstić information content (AvgIpc) is 3.07. The van der Waals surface area contributed by atoms with Crippen LogP contribution >= 0.6 is 0 Å². The third-order valence-corrected chi connectivity index (χ3v) is 9.83. The molecule has 0 amide bonds. The summed E-state index contributed by atoms with van der Waals surface area (Å²) in [6.45, 7) is 8.27. The van der Waals surface area contributed by atoms with Crippen LogP contribution in [0.4, 0.5) is 0 Å². The van der Waals surface area contributed by atoms with Crippen LogP contribution in [-0.2, 0) is 0 Å². The van der Waals surface area contributed by atoms with Crippen LogP contribution in [0, 0.1) is 0 Å². The van der Waals surface area contributed by atoms with Gasteiger partial charge in [0.15, 0.2) is 0 Å². The van der Waals surface area contributed by atoms with Crippen LogP contribution in [0.2, 0.25) is 0 Å². The maximum absolute atomic E-state index is 12.9. The summed E-state index contributed by atoms with van der Waals surface area (Å²) in [7, 11) is 0. The van der Waals surface area contributed by atoms with Gasteiger partial charge in [-0.1, -0.05) is 70.2 Å². The highest BCUT2D eigenvalue weighted by molar-refractivity contribution is 5.44. The lowest BCUT2D eigenvalue weighted by Gasteiger charge is -2.53. The van der Waals surface area contributed by atoms with Gasteiger partial charge in [-0.2, -0.15) is 0 Å². The van der Waals surface area contributed by atoms with Crippen molar-refractivity contribution in [3.05, 3.63) is 144 Å². The van der Waals surface area contributed by atoms with Crippen LogP contribution in [-0.4, -0.2) is 41.7 Å². The monoisotopic (exact) mass is 574 g/mol. The first-order valence-corrected chi connectivity index (χ1v) is 15.0. The first-order valence-electron chi connectivity index (χ1n) is 15.0. The van der Waals surface area contributed by atoms with Gasteiger partial charge in [0.1, 0.15) is 5.60 Å². The van der Waals surface area contributed by atoms with E-state index in [0.29, 0.717) is 0 Å². The molecule has 0 aromatic carbocycles. The standard InChI is InChI=1S/C36H42N6O/c1-25(30-15-5-9-20-39-30)35(37,26(2)31-16-6-10-21-40-31)29-14-13-19-34(43,24-29)36(38,27(3)32-17-7-11-22-41-32)28(4)33-18-8-12-23-42-33/h5-23,25-28,43H,24,37-38H2,1-4H3. The van der Waals surface area contributed by atoms with Crippen molar-refractivity contribution in [2.75, 3.05) is 0 Å². The summed E-state index contributed by atoms with van der Waals surface area (Å²) in [4.78, 5) is 18.7. The Morgan fingerprint density at radius 3 is 1.35 bits per heavy atom. The van der Waals surface area contributed by atoms with E-state index in [2.05, 4.69) is 33.8 Å². The zero-order valence-electron chi connectivity index (χ0n) is 25.4. The fraction of sp³-hybridized carbons (Fsp3) is 0.333. The summed E-state index contributed by atoms with van der Waals surface area (Å²) in [5.41, 5.74) is 15.7. The Morgan fingerprint density at radius 2 is 1.00 bits per heavy atom. The number of nitrogens with two attached hydrogens (primary N) is 2. The third kappa shape index (κ3) is 5.44. The maximum atomic E-state index is 12.9. The number of nitrogens with zero attached hydrogens (tertiary/aromatic N) is 4. The van der Waals surface area contributed by atoms with E-state index in [0.717, 1.165) is 28.3 Å². The van der Waals surface area contributed by atoms with Gasteiger partial charge in [0.25, 0.3) is 0 Å². The molecule has 0 radical (unpaired) electrons. The predicted octanol–water partition coefficient (Wildman–Crippen LogP) is 5.79. The van der Waals surface area contributed by atoms with Crippen LogP contribution in [0.5, 0.6) is 0 Å². The normalized spacial score (nSPS) is 22.3. The number of aromatic nitrogens is 4. The highest BCUT2D eigenvalue weighted by Gasteiger charge is 2.57. The summed E-state index contributed by atoms with van der Waals surface area (Å²) in [5.74, 6) is -1.09. The van der Waals surface area contributed by atoms with E-state index < -0.39 is 16.7 Å². The van der Waals surface area contributed by atoms with Crippen molar-refractivity contribution >= 4 is 0 Å². The van der Waals surface area contributed by atoms with Crippen molar-refractivity contribution in [2.45, 2.75) is 74.5 Å². The van der Waals surface area contributed by atoms with Gasteiger partial charge in [0.2, 0.25) is 0 Å². The molecule has 5 N–H and O–H groups in total. The molecule has 0 saturated carbocycles. The summed E-state index contributed by atoms with van der Waals surface area (Å²) in [6.07, 6.45) is 13.1. The molecule has 0 fully saturated rings. The quantitative estimate of drug-likeness (QED) is 0.219. The average molecular weight is 575 g/mol. The molecule has 43 heavy (non-hydrogen) atoms. The Labute approximate surface area is 254 Å². The van der Waals surface area contributed by atoms with Gasteiger partial charge in [0.05, 0.1) is 11.1 Å². The minimum atomic E-state index is -1.50. The molecular weight excluding hydrogens is 532 g/mol. The van der Waals surface area contributed by atoms with Gasteiger partial charge in [-0.3, -0.25) is 19.9 Å². The lowest BCUT2D eigenvalue weighted by molar-refractivity contribution is -0.0206. The number of rotatable bonds is 10. The zero-order valence-corrected chi connectivity index (χ0v) is 25.4. The van der Waals surface area contributed by atoms with E-state index in [-0.39, 0.29) is 30.1 Å². The molecule has 7 heteroatoms. The van der Waals surface area contributed by atoms with E-state index in [1.807, 2.05) is 105 Å². The molecule has 222 valence electrons. The fourth-order valence-corrected chi connectivity index (χ4v) is 6.89. The molecular formula is C36H42N6O. The van der Waals surface area contributed by atoms with Gasteiger partial charge in [-0.25, -0.2) is 0 Å². The van der Waals surface area contributed by atoms with Gasteiger partial charge < -0.3 is 16.6 Å². The minimum Gasteiger partial charge on any atom is -0.383 e. The van der Waals surface area contributed by atoms with Crippen LogP contribution in [0.1, 0.15) is 80.6 Å². The Bertz CT molecular complexity index is 1450. The lowest BCUT2D eigenvalue weighted by atomic mass is 9.57. The van der Waals surface area contributed by atoms with Crippen molar-refractivity contribution in [1.29, 1.82) is 0 Å². The summed E-state index contributed by atoms with van der Waals surface area (Å²) < 4.78 is 0. The van der Waals surface area contributed by atoms with E-state index >= 15 is 0 Å². The molecule has 0 bridgehead atoms. The molecule has 5 atom stereocenters. The topological polar surface area (TPSA) is 124 Å². The first kappa shape index (κ1) is 30.4. The van der Waals surface area contributed by atoms with Crippen LogP contribution in [0.15, 0.2) is 121 Å².